The number of nitrogens with zero attached hydrogens (tertiary/aromatic N) is 1. The summed E-state index contributed by atoms with van der Waals surface area (Å²) in [6.07, 6.45) is 1.00. The highest BCUT2D eigenvalue weighted by Crippen LogP contribution is 2.25. The molecule has 2 aromatic carbocycles. The molecule has 0 spiro atoms. The number of rotatable bonds is 6. The fraction of sp³-hybridized carbons (Fsp3) is 0.316. The zero-order chi connectivity index (χ0) is 19.3. The Labute approximate surface area is 159 Å². The zero-order valence-corrected chi connectivity index (χ0v) is 17.0. The van der Waals surface area contributed by atoms with Gasteiger partial charge in [0.05, 0.1) is 4.90 Å². The van der Waals surface area contributed by atoms with Crippen LogP contribution < -0.4 is 4.72 Å². The first-order valence-corrected chi connectivity index (χ1v) is 10.6. The first-order valence-electron chi connectivity index (χ1n) is 8.35. The number of hydrogen-bond donors (Lipinski definition) is 1. The summed E-state index contributed by atoms with van der Waals surface area (Å²) in [5.41, 5.74) is 1.58. The van der Waals surface area contributed by atoms with Crippen molar-refractivity contribution >= 4 is 32.7 Å². The minimum absolute atomic E-state index is 0.0836. The summed E-state index contributed by atoms with van der Waals surface area (Å²) in [6, 6.07) is 13.7. The van der Waals surface area contributed by atoms with Crippen LogP contribution in [0.4, 0.5) is 10.5 Å². The molecular weight excluding hydrogens is 368 g/mol. The third kappa shape index (κ3) is 5.25. The van der Waals surface area contributed by atoms with Crippen molar-refractivity contribution in [3.63, 3.8) is 0 Å². The topological polar surface area (TPSA) is 66.5 Å². The van der Waals surface area contributed by atoms with Crippen molar-refractivity contribution in [1.29, 1.82) is 0 Å². The molecule has 5 nitrogen and oxygen atoms in total. The molecule has 0 saturated heterocycles. The number of carbonyl (C=O) groups is 1. The highest BCUT2D eigenvalue weighted by Gasteiger charge is 2.15. The van der Waals surface area contributed by atoms with Gasteiger partial charge in [0.25, 0.3) is 15.3 Å². The number of nitrogens with one attached hydrogen (secondary N) is 1. The van der Waals surface area contributed by atoms with Crippen molar-refractivity contribution in [2.75, 3.05) is 18.8 Å². The number of anilines is 1. The maximum Gasteiger partial charge on any atom is 0.285 e. The SMILES string of the molecule is CCC(C)c1ccc(S(=O)(=O)Nc2ccc(SC(=O)N(C)C)cc2)cc1. The number of sulfonamides is 1. The second-order valence-electron chi connectivity index (χ2n) is 6.27. The van der Waals surface area contributed by atoms with E-state index in [0.717, 1.165) is 28.6 Å². The molecule has 1 amide bonds. The van der Waals surface area contributed by atoms with E-state index < -0.39 is 10.0 Å². The number of benzene rings is 2. The summed E-state index contributed by atoms with van der Waals surface area (Å²) in [7, 11) is -0.274. The van der Waals surface area contributed by atoms with Crippen molar-refractivity contribution in [3.8, 4) is 0 Å². The second kappa shape index (κ2) is 8.60. The van der Waals surface area contributed by atoms with Crippen LogP contribution in [0.2, 0.25) is 0 Å². The largest absolute Gasteiger partial charge is 0.339 e. The van der Waals surface area contributed by atoms with Crippen molar-refractivity contribution in [3.05, 3.63) is 54.1 Å². The maximum absolute atomic E-state index is 12.5. The summed E-state index contributed by atoms with van der Waals surface area (Å²) in [5, 5.41) is -0.0836. The van der Waals surface area contributed by atoms with Gasteiger partial charge in [-0.3, -0.25) is 9.52 Å². The molecule has 140 valence electrons. The van der Waals surface area contributed by atoms with Gasteiger partial charge in [0.15, 0.2) is 0 Å². The van der Waals surface area contributed by atoms with E-state index in [9.17, 15) is 13.2 Å². The summed E-state index contributed by atoms with van der Waals surface area (Å²) in [4.78, 5) is 14.2. The van der Waals surface area contributed by atoms with Gasteiger partial charge in [-0.15, -0.1) is 0 Å². The maximum atomic E-state index is 12.5. The molecule has 1 unspecified atom stereocenters. The molecule has 0 radical (unpaired) electrons. The van der Waals surface area contributed by atoms with Gasteiger partial charge < -0.3 is 4.90 Å². The number of hydrogen-bond acceptors (Lipinski definition) is 4. The summed E-state index contributed by atoms with van der Waals surface area (Å²) >= 11 is 1.09. The van der Waals surface area contributed by atoms with Gasteiger partial charge in [0.2, 0.25) is 0 Å². The van der Waals surface area contributed by atoms with Crippen molar-refractivity contribution in [2.24, 2.45) is 0 Å². The molecule has 1 N–H and O–H groups in total. The molecule has 0 aliphatic carbocycles. The van der Waals surface area contributed by atoms with E-state index in [2.05, 4.69) is 18.6 Å². The molecule has 2 rings (SSSR count). The Kier molecular flexibility index (Phi) is 6.72. The zero-order valence-electron chi connectivity index (χ0n) is 15.4. The average Bonchev–Trinajstić information content (AvgIpc) is 2.62. The van der Waals surface area contributed by atoms with E-state index in [1.807, 2.05) is 12.1 Å². The fourth-order valence-electron chi connectivity index (χ4n) is 2.21. The minimum Gasteiger partial charge on any atom is -0.339 e. The normalized spacial score (nSPS) is 12.5. The van der Waals surface area contributed by atoms with Gasteiger partial charge in [0, 0.05) is 24.7 Å². The van der Waals surface area contributed by atoms with Crippen LogP contribution >= 0.6 is 11.8 Å². The van der Waals surface area contributed by atoms with E-state index in [4.69, 9.17) is 0 Å². The fourth-order valence-corrected chi connectivity index (χ4v) is 3.92. The average molecular weight is 393 g/mol. The predicted octanol–water partition coefficient (Wildman–Crippen LogP) is 4.77. The van der Waals surface area contributed by atoms with Gasteiger partial charge in [-0.05, 0) is 66.1 Å². The van der Waals surface area contributed by atoms with Crippen molar-refractivity contribution < 1.29 is 13.2 Å². The third-order valence-electron chi connectivity index (χ3n) is 4.05. The van der Waals surface area contributed by atoms with Crippen LogP contribution in [0.5, 0.6) is 0 Å². The van der Waals surface area contributed by atoms with E-state index in [-0.39, 0.29) is 10.1 Å². The number of carbonyl (C=O) groups excluding carboxylic acids is 1. The Morgan fingerprint density at radius 2 is 1.65 bits per heavy atom. The van der Waals surface area contributed by atoms with Crippen LogP contribution in [-0.4, -0.2) is 32.7 Å². The van der Waals surface area contributed by atoms with Crippen molar-refractivity contribution in [2.45, 2.75) is 36.0 Å². The molecule has 0 aliphatic rings. The monoisotopic (exact) mass is 392 g/mol. The minimum atomic E-state index is -3.64. The quantitative estimate of drug-likeness (QED) is 0.719. The lowest BCUT2D eigenvalue weighted by Crippen LogP contribution is -2.16. The Balaban J connectivity index is 2.10. The van der Waals surface area contributed by atoms with Gasteiger partial charge in [-0.2, -0.15) is 0 Å². The molecule has 26 heavy (non-hydrogen) atoms. The lowest BCUT2D eigenvalue weighted by Gasteiger charge is -2.12. The Morgan fingerprint density at radius 3 is 2.15 bits per heavy atom. The standard InChI is InChI=1S/C19H24N2O3S2/c1-5-14(2)15-6-12-18(13-7-15)26(23,24)20-16-8-10-17(11-9-16)25-19(22)21(3)4/h6-14,20H,5H2,1-4H3. The first-order chi connectivity index (χ1) is 12.2. The molecule has 7 heteroatoms. The highest BCUT2D eigenvalue weighted by molar-refractivity contribution is 8.13. The first kappa shape index (κ1) is 20.3. The molecular formula is C19H24N2O3S2. The lowest BCUT2D eigenvalue weighted by atomic mass is 9.99. The molecule has 0 aliphatic heterocycles. The molecule has 0 heterocycles. The summed E-state index contributed by atoms with van der Waals surface area (Å²) in [5.74, 6) is 0.398. The van der Waals surface area contributed by atoms with Crippen LogP contribution in [0.25, 0.3) is 0 Å². The van der Waals surface area contributed by atoms with Crippen molar-refractivity contribution in [1.82, 2.24) is 4.90 Å². The van der Waals surface area contributed by atoms with Crippen LogP contribution in [0.1, 0.15) is 31.7 Å². The molecule has 0 fully saturated rings. The second-order valence-corrected chi connectivity index (χ2v) is 8.98. The summed E-state index contributed by atoms with van der Waals surface area (Å²) < 4.78 is 27.6. The number of amides is 1. The Hall–Kier alpha value is -1.99. The Bertz CT molecular complexity index is 845. The molecule has 0 bridgehead atoms. The molecule has 1 atom stereocenters. The smallest absolute Gasteiger partial charge is 0.285 e. The predicted molar refractivity (Wildman–Crippen MR) is 107 cm³/mol. The van der Waals surface area contributed by atoms with Gasteiger partial charge in [-0.25, -0.2) is 8.42 Å². The van der Waals surface area contributed by atoms with Crippen LogP contribution in [0.15, 0.2) is 58.3 Å². The van der Waals surface area contributed by atoms with E-state index in [1.165, 1.54) is 4.90 Å². The van der Waals surface area contributed by atoms with Crippen LogP contribution in [0, 0.1) is 0 Å². The van der Waals surface area contributed by atoms with Crippen LogP contribution in [-0.2, 0) is 10.0 Å². The molecule has 0 saturated carbocycles. The lowest BCUT2D eigenvalue weighted by molar-refractivity contribution is 0.241. The molecule has 0 aromatic heterocycles. The van der Waals surface area contributed by atoms with Gasteiger partial charge in [0.1, 0.15) is 0 Å². The molecule has 2 aromatic rings. The van der Waals surface area contributed by atoms with Crippen LogP contribution in [0.3, 0.4) is 0 Å². The van der Waals surface area contributed by atoms with E-state index in [0.29, 0.717) is 11.6 Å². The number of thioether (sulfide) groups is 1. The van der Waals surface area contributed by atoms with Gasteiger partial charge in [-0.1, -0.05) is 26.0 Å². The summed E-state index contributed by atoms with van der Waals surface area (Å²) in [6.45, 7) is 4.22. The Morgan fingerprint density at radius 1 is 1.08 bits per heavy atom. The highest BCUT2D eigenvalue weighted by atomic mass is 32.2. The van der Waals surface area contributed by atoms with Gasteiger partial charge >= 0.3 is 0 Å². The van der Waals surface area contributed by atoms with E-state index in [1.54, 1.807) is 50.5 Å². The third-order valence-corrected chi connectivity index (χ3v) is 6.49. The van der Waals surface area contributed by atoms with E-state index >= 15 is 0 Å².